The zero-order chi connectivity index (χ0) is 40.9. The molecule has 0 saturated carbocycles. The Bertz CT molecular complexity index is 1820. The number of carbonyl (C=O) groups excluding carboxylic acids is 3. The normalized spacial score (nSPS) is 17.1. The van der Waals surface area contributed by atoms with Crippen LogP contribution in [0.25, 0.3) is 10.4 Å². The molecule has 0 radical (unpaired) electrons. The molecular formula is C43H62N4O7S2. The van der Waals surface area contributed by atoms with E-state index in [1.165, 1.54) is 4.90 Å². The van der Waals surface area contributed by atoms with E-state index in [4.69, 9.17) is 4.18 Å². The first-order valence-corrected chi connectivity index (χ1v) is 22.4. The Balaban J connectivity index is 1.13. The van der Waals surface area contributed by atoms with Gasteiger partial charge in [-0.1, -0.05) is 114 Å². The molecule has 1 aliphatic heterocycles. The molecule has 1 fully saturated rings. The van der Waals surface area contributed by atoms with Crippen LogP contribution in [0.1, 0.15) is 128 Å². The smallest absolute Gasteiger partial charge is 0.296 e. The number of aromatic nitrogens is 1. The van der Waals surface area contributed by atoms with Crippen molar-refractivity contribution in [2.75, 3.05) is 13.2 Å². The van der Waals surface area contributed by atoms with Gasteiger partial charge in [-0.2, -0.15) is 8.42 Å². The van der Waals surface area contributed by atoms with Gasteiger partial charge in [0.25, 0.3) is 10.1 Å². The van der Waals surface area contributed by atoms with Crippen molar-refractivity contribution in [3.05, 3.63) is 70.9 Å². The Kier molecular flexibility index (Phi) is 17.1. The molecule has 3 N–H and O–H groups in total. The second-order valence-corrected chi connectivity index (χ2v) is 18.7. The van der Waals surface area contributed by atoms with E-state index in [2.05, 4.69) is 15.6 Å². The van der Waals surface area contributed by atoms with Gasteiger partial charge in [-0.3, -0.25) is 18.6 Å². The van der Waals surface area contributed by atoms with Gasteiger partial charge in [0.15, 0.2) is 0 Å². The fourth-order valence-corrected chi connectivity index (χ4v) is 8.75. The number of hydrogen-bond acceptors (Lipinski definition) is 9. The predicted octanol–water partition coefficient (Wildman–Crippen LogP) is 7.79. The molecule has 13 heteroatoms. The summed E-state index contributed by atoms with van der Waals surface area (Å²) in [6.07, 6.45) is 9.33. The highest BCUT2D eigenvalue weighted by Crippen LogP contribution is 2.30. The van der Waals surface area contributed by atoms with Gasteiger partial charge >= 0.3 is 0 Å². The van der Waals surface area contributed by atoms with Crippen molar-refractivity contribution in [2.24, 2.45) is 5.41 Å². The number of aliphatic hydroxyl groups is 1. The highest BCUT2D eigenvalue weighted by molar-refractivity contribution is 7.86. The van der Waals surface area contributed by atoms with E-state index in [0.717, 1.165) is 85.0 Å². The highest BCUT2D eigenvalue weighted by Gasteiger charge is 2.44. The van der Waals surface area contributed by atoms with Crippen LogP contribution in [0.2, 0.25) is 0 Å². The molecule has 4 atom stereocenters. The number of rotatable bonds is 21. The van der Waals surface area contributed by atoms with E-state index in [1.54, 1.807) is 35.6 Å². The molecule has 1 saturated heterocycles. The largest absolute Gasteiger partial charge is 0.391 e. The van der Waals surface area contributed by atoms with Crippen molar-refractivity contribution < 1.29 is 32.1 Å². The number of unbranched alkanes of at least 4 members (excludes halogenated alkanes) is 9. The van der Waals surface area contributed by atoms with Crippen LogP contribution in [0, 0.1) is 19.3 Å². The molecular weight excluding hydrogens is 749 g/mol. The lowest BCUT2D eigenvalue weighted by Gasteiger charge is -2.35. The summed E-state index contributed by atoms with van der Waals surface area (Å²) in [5, 5.41) is 16.6. The molecule has 0 aliphatic carbocycles. The maximum absolute atomic E-state index is 14.0. The van der Waals surface area contributed by atoms with Crippen LogP contribution in [0.15, 0.2) is 58.9 Å². The molecule has 1 aliphatic rings. The predicted molar refractivity (Wildman–Crippen MR) is 221 cm³/mol. The Morgan fingerprint density at radius 2 is 1.48 bits per heavy atom. The minimum absolute atomic E-state index is 0.0317. The van der Waals surface area contributed by atoms with Crippen molar-refractivity contribution in [3.8, 4) is 10.4 Å². The van der Waals surface area contributed by atoms with Crippen LogP contribution in [0.4, 0.5) is 0 Å². The van der Waals surface area contributed by atoms with Gasteiger partial charge in [-0.05, 0) is 62.3 Å². The number of aliphatic hydroxyl groups excluding tert-OH is 1. The maximum atomic E-state index is 14.0. The van der Waals surface area contributed by atoms with Crippen LogP contribution in [-0.4, -0.2) is 72.5 Å². The number of hydrogen-bond donors (Lipinski definition) is 3. The molecule has 56 heavy (non-hydrogen) atoms. The molecule has 3 amide bonds. The molecule has 2 unspecified atom stereocenters. The molecule has 4 rings (SSSR count). The summed E-state index contributed by atoms with van der Waals surface area (Å²) in [5.41, 5.74) is 5.17. The summed E-state index contributed by atoms with van der Waals surface area (Å²) in [7, 11) is -3.70. The molecule has 308 valence electrons. The number of nitrogens with zero attached hydrogens (tertiary/aromatic N) is 2. The van der Waals surface area contributed by atoms with E-state index in [0.29, 0.717) is 12.8 Å². The number of nitrogens with one attached hydrogen (secondary N) is 2. The number of amides is 3. The van der Waals surface area contributed by atoms with Gasteiger partial charge in [-0.25, -0.2) is 4.98 Å². The van der Waals surface area contributed by atoms with E-state index in [9.17, 15) is 27.9 Å². The quantitative estimate of drug-likeness (QED) is 0.0728. The third-order valence-corrected chi connectivity index (χ3v) is 12.7. The summed E-state index contributed by atoms with van der Waals surface area (Å²) in [4.78, 5) is 47.7. The van der Waals surface area contributed by atoms with Gasteiger partial charge < -0.3 is 20.6 Å². The van der Waals surface area contributed by atoms with Gasteiger partial charge in [0, 0.05) is 19.4 Å². The zero-order valence-corrected chi connectivity index (χ0v) is 35.6. The van der Waals surface area contributed by atoms with Crippen LogP contribution in [0.5, 0.6) is 0 Å². The summed E-state index contributed by atoms with van der Waals surface area (Å²) in [5.74, 6) is -0.889. The number of carbonyl (C=O) groups is 3. The van der Waals surface area contributed by atoms with Crippen molar-refractivity contribution >= 4 is 39.2 Å². The third kappa shape index (κ3) is 13.5. The minimum Gasteiger partial charge on any atom is -0.391 e. The van der Waals surface area contributed by atoms with E-state index < -0.39 is 33.7 Å². The minimum atomic E-state index is -3.70. The number of thiazole rings is 1. The van der Waals surface area contributed by atoms with Crippen molar-refractivity contribution in [1.82, 2.24) is 20.5 Å². The van der Waals surface area contributed by atoms with Crippen LogP contribution in [-0.2, 0) is 28.7 Å². The highest BCUT2D eigenvalue weighted by atomic mass is 32.2. The van der Waals surface area contributed by atoms with Gasteiger partial charge in [0.2, 0.25) is 17.7 Å². The summed E-state index contributed by atoms with van der Waals surface area (Å²) in [6.45, 7) is 11.7. The van der Waals surface area contributed by atoms with Crippen LogP contribution in [0.3, 0.4) is 0 Å². The fraction of sp³-hybridized carbons (Fsp3) is 0.581. The first-order chi connectivity index (χ1) is 26.6. The zero-order valence-electron chi connectivity index (χ0n) is 34.0. The van der Waals surface area contributed by atoms with E-state index >= 15 is 0 Å². The lowest BCUT2D eigenvalue weighted by atomic mass is 9.85. The van der Waals surface area contributed by atoms with E-state index in [1.807, 2.05) is 71.3 Å². The van der Waals surface area contributed by atoms with Crippen molar-refractivity contribution in [2.45, 2.75) is 148 Å². The SMILES string of the molecule is Cc1ccc(S(=O)(=O)OCCCCCCCCCCCCC(=O)NC(C(=O)N2C[C@H](O)C[C@H]2C(=O)NC(C)c2ccc(-c3scnc3C)cc2)C(C)(C)C)cc1. The maximum Gasteiger partial charge on any atom is 0.296 e. The summed E-state index contributed by atoms with van der Waals surface area (Å²) < 4.78 is 29.7. The Morgan fingerprint density at radius 1 is 0.893 bits per heavy atom. The van der Waals surface area contributed by atoms with Crippen molar-refractivity contribution in [3.63, 3.8) is 0 Å². The van der Waals surface area contributed by atoms with E-state index in [-0.39, 0.29) is 48.2 Å². The molecule has 11 nitrogen and oxygen atoms in total. The Morgan fingerprint density at radius 3 is 2.05 bits per heavy atom. The molecule has 0 spiro atoms. The molecule has 3 aromatic rings. The van der Waals surface area contributed by atoms with Gasteiger partial charge in [0.05, 0.1) is 39.7 Å². The number of β-amino-alcohol motifs (C(OH)–C–C–N with tert-alkyl or cyclic N) is 1. The second kappa shape index (κ2) is 21.2. The van der Waals surface area contributed by atoms with Crippen LogP contribution >= 0.6 is 11.3 Å². The molecule has 1 aromatic heterocycles. The number of aryl methyl sites for hydroxylation is 2. The first-order valence-electron chi connectivity index (χ1n) is 20.1. The Labute approximate surface area is 338 Å². The Hall–Kier alpha value is -3.65. The standard InChI is InChI=1S/C43H62N4O7S2/c1-30-18-24-36(25-19-30)56(52,53)54-26-16-14-12-10-8-7-9-11-13-15-17-38(49)46-40(43(4,5)6)42(51)47-28-35(48)27-37(47)41(50)45-31(2)33-20-22-34(23-21-33)39-32(3)44-29-55-39/h18-25,29,31,35,37,40,48H,7-17,26-28H2,1-6H3,(H,45,50)(H,46,49)/t31?,35-,37+,40?/m1/s1. The topological polar surface area (TPSA) is 155 Å². The monoisotopic (exact) mass is 810 g/mol. The van der Waals surface area contributed by atoms with Gasteiger partial charge in [0.1, 0.15) is 12.1 Å². The third-order valence-electron chi connectivity index (χ3n) is 10.4. The fourth-order valence-electron chi connectivity index (χ4n) is 6.99. The molecule has 2 aromatic carbocycles. The van der Waals surface area contributed by atoms with Crippen LogP contribution < -0.4 is 10.6 Å². The average molecular weight is 811 g/mol. The number of benzene rings is 2. The lowest BCUT2D eigenvalue weighted by Crippen LogP contribution is -2.57. The number of likely N-dealkylation sites (tertiary alicyclic amines) is 1. The summed E-state index contributed by atoms with van der Waals surface area (Å²) in [6, 6.07) is 12.6. The summed E-state index contributed by atoms with van der Waals surface area (Å²) >= 11 is 1.58. The molecule has 0 bridgehead atoms. The first kappa shape index (κ1) is 45.1. The van der Waals surface area contributed by atoms with Gasteiger partial charge in [-0.15, -0.1) is 11.3 Å². The molecule has 2 heterocycles. The van der Waals surface area contributed by atoms with Crippen molar-refractivity contribution in [1.29, 1.82) is 0 Å². The lowest BCUT2D eigenvalue weighted by molar-refractivity contribution is -0.144. The second-order valence-electron chi connectivity index (χ2n) is 16.3. The average Bonchev–Trinajstić information content (AvgIpc) is 3.77.